The fourth-order valence-electron chi connectivity index (χ4n) is 3.68. The summed E-state index contributed by atoms with van der Waals surface area (Å²) in [7, 11) is -3.69. The van der Waals surface area contributed by atoms with Gasteiger partial charge in [-0.15, -0.1) is 0 Å². The second kappa shape index (κ2) is 9.19. The quantitative estimate of drug-likeness (QED) is 0.664. The van der Waals surface area contributed by atoms with E-state index in [0.717, 1.165) is 23.3 Å². The lowest BCUT2D eigenvalue weighted by atomic mass is 9.97. The molecule has 1 aliphatic heterocycles. The Morgan fingerprint density at radius 1 is 1.06 bits per heavy atom. The Balaban J connectivity index is 1.61. The molecule has 0 aliphatic carbocycles. The SMILES string of the molecule is Cc1ccc(S(=O)(=O)N2CCC(C(=O)NCc3ccc(F)cc3C(F)(F)F)CC2)cc1C. The average Bonchev–Trinajstić information content (AvgIpc) is 2.74. The summed E-state index contributed by atoms with van der Waals surface area (Å²) in [5, 5.41) is 2.47. The van der Waals surface area contributed by atoms with E-state index < -0.39 is 46.0 Å². The van der Waals surface area contributed by atoms with Gasteiger partial charge in [0.15, 0.2) is 0 Å². The van der Waals surface area contributed by atoms with E-state index in [9.17, 15) is 30.8 Å². The molecule has 2 aromatic rings. The molecule has 1 fully saturated rings. The first-order valence-corrected chi connectivity index (χ1v) is 11.5. The lowest BCUT2D eigenvalue weighted by molar-refractivity contribution is -0.138. The summed E-state index contributed by atoms with van der Waals surface area (Å²) in [6, 6.07) is 7.22. The standard InChI is InChI=1S/C22H24F4N2O3S/c1-14-3-6-19(11-15(14)2)32(30,31)28-9-7-16(8-10-28)21(29)27-13-17-4-5-18(23)12-20(17)22(24,25)26/h3-6,11-12,16H,7-10,13H2,1-2H3,(H,27,29). The van der Waals surface area contributed by atoms with Gasteiger partial charge in [0.05, 0.1) is 10.5 Å². The zero-order valence-electron chi connectivity index (χ0n) is 17.7. The maximum absolute atomic E-state index is 13.2. The predicted molar refractivity (Wildman–Crippen MR) is 111 cm³/mol. The van der Waals surface area contributed by atoms with Gasteiger partial charge in [-0.05, 0) is 67.6 Å². The van der Waals surface area contributed by atoms with Gasteiger partial charge >= 0.3 is 6.18 Å². The number of hydrogen-bond donors (Lipinski definition) is 1. The summed E-state index contributed by atoms with van der Waals surface area (Å²) < 4.78 is 79.6. The smallest absolute Gasteiger partial charge is 0.352 e. The number of amides is 1. The molecule has 1 aliphatic rings. The molecule has 32 heavy (non-hydrogen) atoms. The highest BCUT2D eigenvalue weighted by Gasteiger charge is 2.35. The average molecular weight is 473 g/mol. The van der Waals surface area contributed by atoms with Crippen molar-refractivity contribution in [3.63, 3.8) is 0 Å². The van der Waals surface area contributed by atoms with Gasteiger partial charge in [0.25, 0.3) is 0 Å². The fourth-order valence-corrected chi connectivity index (χ4v) is 5.23. The normalized spacial score (nSPS) is 16.2. The third-order valence-electron chi connectivity index (χ3n) is 5.77. The van der Waals surface area contributed by atoms with Crippen molar-refractivity contribution in [2.24, 2.45) is 5.92 Å². The van der Waals surface area contributed by atoms with E-state index in [1.165, 1.54) is 4.31 Å². The summed E-state index contributed by atoms with van der Waals surface area (Å²) in [6.07, 6.45) is -4.23. The Hall–Kier alpha value is -2.46. The Labute approximate surface area is 184 Å². The van der Waals surface area contributed by atoms with E-state index in [1.807, 2.05) is 13.8 Å². The van der Waals surface area contributed by atoms with Crippen LogP contribution in [0.2, 0.25) is 0 Å². The summed E-state index contributed by atoms with van der Waals surface area (Å²) in [5.41, 5.74) is 0.475. The summed E-state index contributed by atoms with van der Waals surface area (Å²) in [6.45, 7) is 3.60. The number of piperidine rings is 1. The first-order valence-electron chi connectivity index (χ1n) is 10.1. The van der Waals surface area contributed by atoms with Crippen LogP contribution in [-0.2, 0) is 27.5 Å². The molecule has 10 heteroatoms. The molecular formula is C22H24F4N2O3S. The minimum absolute atomic E-state index is 0.137. The molecule has 174 valence electrons. The Bertz CT molecular complexity index is 1110. The van der Waals surface area contributed by atoms with Gasteiger partial charge in [-0.1, -0.05) is 12.1 Å². The van der Waals surface area contributed by atoms with Crippen LogP contribution in [0.25, 0.3) is 0 Å². The van der Waals surface area contributed by atoms with Crippen LogP contribution in [0.4, 0.5) is 17.6 Å². The molecule has 1 saturated heterocycles. The molecule has 5 nitrogen and oxygen atoms in total. The van der Waals surface area contributed by atoms with Gasteiger partial charge in [0.1, 0.15) is 5.82 Å². The van der Waals surface area contributed by atoms with E-state index in [1.54, 1.807) is 18.2 Å². The lowest BCUT2D eigenvalue weighted by Crippen LogP contribution is -2.43. The fraction of sp³-hybridized carbons (Fsp3) is 0.409. The molecule has 2 aromatic carbocycles. The third kappa shape index (κ3) is 5.29. The van der Waals surface area contributed by atoms with Gasteiger partial charge in [0, 0.05) is 25.6 Å². The third-order valence-corrected chi connectivity index (χ3v) is 7.67. The number of rotatable bonds is 5. The number of sulfonamides is 1. The monoisotopic (exact) mass is 472 g/mol. The van der Waals surface area contributed by atoms with Crippen molar-refractivity contribution in [2.75, 3.05) is 13.1 Å². The van der Waals surface area contributed by atoms with Gasteiger partial charge in [-0.2, -0.15) is 17.5 Å². The van der Waals surface area contributed by atoms with Crippen LogP contribution in [0.15, 0.2) is 41.3 Å². The largest absolute Gasteiger partial charge is 0.416 e. The second-order valence-corrected chi connectivity index (χ2v) is 9.88. The van der Waals surface area contributed by atoms with Crippen molar-refractivity contribution < 1.29 is 30.8 Å². The van der Waals surface area contributed by atoms with Crippen molar-refractivity contribution in [3.8, 4) is 0 Å². The number of alkyl halides is 3. The van der Waals surface area contributed by atoms with E-state index in [-0.39, 0.29) is 36.4 Å². The van der Waals surface area contributed by atoms with E-state index >= 15 is 0 Å². The molecule has 0 bridgehead atoms. The number of benzene rings is 2. The highest BCUT2D eigenvalue weighted by molar-refractivity contribution is 7.89. The minimum atomic E-state index is -4.74. The molecule has 1 N–H and O–H groups in total. The number of hydrogen-bond acceptors (Lipinski definition) is 3. The number of carbonyl (C=O) groups excluding carboxylic acids is 1. The molecule has 1 amide bonds. The molecular weight excluding hydrogens is 448 g/mol. The van der Waals surface area contributed by atoms with Crippen LogP contribution in [0.5, 0.6) is 0 Å². The van der Waals surface area contributed by atoms with Gasteiger partial charge < -0.3 is 5.32 Å². The van der Waals surface area contributed by atoms with E-state index in [4.69, 9.17) is 0 Å². The van der Waals surface area contributed by atoms with Gasteiger partial charge in [-0.25, -0.2) is 12.8 Å². The minimum Gasteiger partial charge on any atom is -0.352 e. The van der Waals surface area contributed by atoms with Gasteiger partial charge in [-0.3, -0.25) is 4.79 Å². The predicted octanol–water partition coefficient (Wildman–Crippen LogP) is 4.18. The first kappa shape index (κ1) is 24.2. The highest BCUT2D eigenvalue weighted by Crippen LogP contribution is 2.32. The zero-order valence-corrected chi connectivity index (χ0v) is 18.5. The Kier molecular flexibility index (Phi) is 6.94. The molecule has 0 saturated carbocycles. The number of aryl methyl sites for hydroxylation is 2. The summed E-state index contributed by atoms with van der Waals surface area (Å²) in [4.78, 5) is 12.7. The zero-order chi connectivity index (χ0) is 23.7. The lowest BCUT2D eigenvalue weighted by Gasteiger charge is -2.30. The molecule has 0 spiro atoms. The van der Waals surface area contributed by atoms with Crippen molar-refractivity contribution >= 4 is 15.9 Å². The van der Waals surface area contributed by atoms with E-state index in [2.05, 4.69) is 5.32 Å². The molecule has 1 heterocycles. The number of nitrogens with zero attached hydrogens (tertiary/aromatic N) is 1. The molecule has 0 atom stereocenters. The molecule has 0 unspecified atom stereocenters. The number of nitrogens with one attached hydrogen (secondary N) is 1. The molecule has 0 aromatic heterocycles. The number of halogens is 4. The Morgan fingerprint density at radius 3 is 2.31 bits per heavy atom. The van der Waals surface area contributed by atoms with E-state index in [0.29, 0.717) is 6.07 Å². The summed E-state index contributed by atoms with van der Waals surface area (Å²) in [5.74, 6) is -1.98. The van der Waals surface area contributed by atoms with Crippen LogP contribution in [-0.4, -0.2) is 31.7 Å². The topological polar surface area (TPSA) is 66.5 Å². The van der Waals surface area contributed by atoms with Crippen LogP contribution < -0.4 is 5.32 Å². The van der Waals surface area contributed by atoms with Gasteiger partial charge in [0.2, 0.25) is 15.9 Å². The van der Waals surface area contributed by atoms with Crippen LogP contribution in [0.3, 0.4) is 0 Å². The molecule has 0 radical (unpaired) electrons. The maximum atomic E-state index is 13.2. The summed E-state index contributed by atoms with van der Waals surface area (Å²) >= 11 is 0. The van der Waals surface area contributed by atoms with Crippen LogP contribution in [0, 0.1) is 25.6 Å². The highest BCUT2D eigenvalue weighted by atomic mass is 32.2. The van der Waals surface area contributed by atoms with Crippen molar-refractivity contribution in [1.29, 1.82) is 0 Å². The van der Waals surface area contributed by atoms with Crippen LogP contribution in [0.1, 0.15) is 35.1 Å². The van der Waals surface area contributed by atoms with Crippen molar-refractivity contribution in [1.82, 2.24) is 9.62 Å². The maximum Gasteiger partial charge on any atom is 0.416 e. The number of carbonyl (C=O) groups is 1. The first-order chi connectivity index (χ1) is 14.9. The molecule has 3 rings (SSSR count). The van der Waals surface area contributed by atoms with Crippen LogP contribution >= 0.6 is 0 Å². The Morgan fingerprint density at radius 2 is 1.72 bits per heavy atom. The van der Waals surface area contributed by atoms with Crippen molar-refractivity contribution in [3.05, 3.63) is 64.5 Å². The second-order valence-electron chi connectivity index (χ2n) is 7.94. The van der Waals surface area contributed by atoms with Crippen molar-refractivity contribution in [2.45, 2.75) is 44.3 Å².